The minimum absolute atomic E-state index is 1.01. The molecule has 0 amide bonds. The molecule has 0 spiro atoms. The standard InChI is InChI=1S/C20H15BrN4/c21-20-18-7-5-16(24-18)10-14-3-1-12(22-14)9-13-2-4-15(23-13)11-17-6-8-19(20)25-17/h1-11,22-25H. The number of nitrogens with one attached hydrogen (secondary N) is 4. The fourth-order valence-electron chi connectivity index (χ4n) is 3.09. The van der Waals surface area contributed by atoms with Crippen molar-refractivity contribution < 1.29 is 0 Å². The molecule has 0 unspecified atom stereocenters. The second-order valence-electron chi connectivity index (χ2n) is 6.14. The van der Waals surface area contributed by atoms with Crippen LogP contribution >= 0.6 is 15.9 Å². The van der Waals surface area contributed by atoms with Gasteiger partial charge in [0, 0.05) is 33.1 Å². The van der Waals surface area contributed by atoms with E-state index in [9.17, 15) is 0 Å². The van der Waals surface area contributed by atoms with E-state index < -0.39 is 0 Å². The Morgan fingerprint density at radius 3 is 1.80 bits per heavy atom. The van der Waals surface area contributed by atoms with E-state index in [1.165, 1.54) is 0 Å². The molecular formula is C20H15BrN4. The van der Waals surface area contributed by atoms with Crippen molar-refractivity contribution in [2.75, 3.05) is 0 Å². The van der Waals surface area contributed by atoms with Crippen LogP contribution in [0.3, 0.4) is 0 Å². The minimum atomic E-state index is 1.01. The molecule has 0 saturated carbocycles. The maximum Gasteiger partial charge on any atom is 0.0645 e. The number of aromatic nitrogens is 4. The van der Waals surface area contributed by atoms with Gasteiger partial charge >= 0.3 is 0 Å². The predicted octanol–water partition coefficient (Wildman–Crippen LogP) is 1.35. The summed E-state index contributed by atoms with van der Waals surface area (Å²) in [4.78, 5) is 13.7. The number of hydrogen-bond acceptors (Lipinski definition) is 0. The third-order valence-corrected chi connectivity index (χ3v) is 5.14. The number of rotatable bonds is 0. The summed E-state index contributed by atoms with van der Waals surface area (Å²) in [5.74, 6) is 0. The normalized spacial score (nSPS) is 13.1. The van der Waals surface area contributed by atoms with Crippen molar-refractivity contribution in [3.05, 3.63) is 92.7 Å². The largest absolute Gasteiger partial charge is 0.355 e. The zero-order chi connectivity index (χ0) is 16.8. The maximum atomic E-state index is 3.70. The molecular weight excluding hydrogens is 376 g/mol. The van der Waals surface area contributed by atoms with Crippen molar-refractivity contribution in [3.63, 3.8) is 0 Å². The first-order valence-electron chi connectivity index (χ1n) is 8.06. The minimum Gasteiger partial charge on any atom is -0.355 e. The van der Waals surface area contributed by atoms with Gasteiger partial charge in [-0.15, -0.1) is 0 Å². The van der Waals surface area contributed by atoms with Crippen molar-refractivity contribution in [2.45, 2.75) is 0 Å². The molecule has 5 heteroatoms. The lowest BCUT2D eigenvalue weighted by molar-refractivity contribution is 1.23. The van der Waals surface area contributed by atoms with Gasteiger partial charge in [-0.05, 0) is 82.7 Å². The summed E-state index contributed by atoms with van der Waals surface area (Å²) in [7, 11) is 0. The highest BCUT2D eigenvalue weighted by Gasteiger charge is 2.03. The van der Waals surface area contributed by atoms with Gasteiger partial charge in [-0.3, -0.25) is 0 Å². The molecule has 0 radical (unpaired) electrons. The van der Waals surface area contributed by atoms with Gasteiger partial charge in [0.05, 0.1) is 15.5 Å². The van der Waals surface area contributed by atoms with E-state index in [0.717, 1.165) is 48.7 Å². The van der Waals surface area contributed by atoms with Crippen molar-refractivity contribution in [3.8, 4) is 0 Å². The van der Waals surface area contributed by atoms with E-state index in [1.54, 1.807) is 0 Å². The second kappa shape index (κ2) is 5.57. The van der Waals surface area contributed by atoms with Crippen molar-refractivity contribution in [1.29, 1.82) is 0 Å². The van der Waals surface area contributed by atoms with Gasteiger partial charge in [0.2, 0.25) is 0 Å². The molecule has 0 aliphatic carbocycles. The van der Waals surface area contributed by atoms with Crippen LogP contribution in [0, 0.1) is 0 Å². The highest BCUT2D eigenvalue weighted by Crippen LogP contribution is 2.17. The quantitative estimate of drug-likeness (QED) is 0.350. The van der Waals surface area contributed by atoms with Gasteiger partial charge in [-0.25, -0.2) is 0 Å². The van der Waals surface area contributed by atoms with E-state index in [4.69, 9.17) is 0 Å². The van der Waals surface area contributed by atoms with Crippen LogP contribution in [0.15, 0.2) is 48.5 Å². The van der Waals surface area contributed by atoms with E-state index in [0.29, 0.717) is 0 Å². The molecule has 122 valence electrons. The molecule has 1 aliphatic heterocycles. The van der Waals surface area contributed by atoms with Crippen molar-refractivity contribution in [2.24, 2.45) is 0 Å². The summed E-state index contributed by atoms with van der Waals surface area (Å²) in [6.07, 6.45) is 6.30. The molecule has 0 fully saturated rings. The van der Waals surface area contributed by atoms with E-state index in [2.05, 4.69) is 103 Å². The Morgan fingerprint density at radius 2 is 1.08 bits per heavy atom. The van der Waals surface area contributed by atoms with Crippen LogP contribution in [-0.4, -0.2) is 19.9 Å². The van der Waals surface area contributed by atoms with Crippen molar-refractivity contribution in [1.82, 2.24) is 19.9 Å². The maximum absolute atomic E-state index is 3.70. The molecule has 4 N–H and O–H groups in total. The van der Waals surface area contributed by atoms with Crippen LogP contribution in [-0.2, 0) is 0 Å². The summed E-state index contributed by atoms with van der Waals surface area (Å²) in [6.45, 7) is 0. The molecule has 0 atom stereocenters. The highest BCUT2D eigenvalue weighted by atomic mass is 79.9. The molecule has 4 nitrogen and oxygen atoms in total. The average molecular weight is 391 g/mol. The monoisotopic (exact) mass is 390 g/mol. The molecule has 25 heavy (non-hydrogen) atoms. The first kappa shape index (κ1) is 14.4. The van der Waals surface area contributed by atoms with Gasteiger partial charge in [-0.1, -0.05) is 0 Å². The Morgan fingerprint density at radius 1 is 0.520 bits per heavy atom. The zero-order valence-electron chi connectivity index (χ0n) is 13.2. The Balaban J connectivity index is 1.82. The van der Waals surface area contributed by atoms with Gasteiger partial charge in [0.1, 0.15) is 0 Å². The van der Waals surface area contributed by atoms with Crippen LogP contribution in [0.1, 0.15) is 22.8 Å². The highest BCUT2D eigenvalue weighted by molar-refractivity contribution is 9.15. The third-order valence-electron chi connectivity index (χ3n) is 4.29. The number of halogens is 1. The first-order chi connectivity index (χ1) is 12.2. The van der Waals surface area contributed by atoms with Crippen LogP contribution in [0.25, 0.3) is 22.7 Å². The van der Waals surface area contributed by atoms with Crippen LogP contribution < -0.4 is 21.4 Å². The molecule has 4 aromatic rings. The lowest BCUT2D eigenvalue weighted by atomic mass is 10.3. The topological polar surface area (TPSA) is 63.2 Å². The van der Waals surface area contributed by atoms with Crippen LogP contribution in [0.5, 0.6) is 0 Å². The fraction of sp³-hybridized carbons (Fsp3) is 0. The van der Waals surface area contributed by atoms with Gasteiger partial charge in [0.25, 0.3) is 0 Å². The summed E-state index contributed by atoms with van der Waals surface area (Å²) < 4.78 is 1.01. The number of aromatic amines is 4. The SMILES string of the molecule is BrC1=c2ccc([nH]2)=Cc2ccc([nH]2)C=c2ccc([nH]2)=Cc2ccc1[nH]2. The first-order valence-corrected chi connectivity index (χ1v) is 8.86. The smallest absolute Gasteiger partial charge is 0.0645 e. The molecule has 0 saturated heterocycles. The summed E-state index contributed by atoms with van der Waals surface area (Å²) >= 11 is 3.70. The molecule has 5 rings (SSSR count). The third kappa shape index (κ3) is 2.72. The summed E-state index contributed by atoms with van der Waals surface area (Å²) in [5, 5.41) is 4.21. The predicted molar refractivity (Wildman–Crippen MR) is 104 cm³/mol. The Labute approximate surface area is 151 Å². The molecule has 0 aromatic carbocycles. The van der Waals surface area contributed by atoms with E-state index in [1.807, 2.05) is 0 Å². The van der Waals surface area contributed by atoms with E-state index in [-0.39, 0.29) is 0 Å². The average Bonchev–Trinajstić information content (AvgIpc) is 3.36. The number of fused-ring (bicyclic) bond motifs is 8. The molecule has 8 bridgehead atoms. The van der Waals surface area contributed by atoms with Gasteiger partial charge < -0.3 is 19.9 Å². The van der Waals surface area contributed by atoms with E-state index >= 15 is 0 Å². The number of H-pyrrole nitrogens is 4. The number of hydrogen-bond donors (Lipinski definition) is 4. The van der Waals surface area contributed by atoms with Crippen LogP contribution in [0.4, 0.5) is 0 Å². The fourth-order valence-corrected chi connectivity index (χ4v) is 3.55. The Bertz CT molecular complexity index is 1310. The van der Waals surface area contributed by atoms with Gasteiger partial charge in [0.15, 0.2) is 0 Å². The lowest BCUT2D eigenvalue weighted by Gasteiger charge is -1.94. The second-order valence-corrected chi connectivity index (χ2v) is 6.93. The summed E-state index contributed by atoms with van der Waals surface area (Å²) in [6, 6.07) is 16.6. The summed E-state index contributed by atoms with van der Waals surface area (Å²) in [5.41, 5.74) is 4.21. The van der Waals surface area contributed by atoms with Gasteiger partial charge in [-0.2, -0.15) is 0 Å². The molecule has 4 aromatic heterocycles. The van der Waals surface area contributed by atoms with Crippen molar-refractivity contribution >= 4 is 38.6 Å². The lowest BCUT2D eigenvalue weighted by Crippen LogP contribution is -2.12. The Hall–Kier alpha value is -2.92. The molecule has 1 aliphatic rings. The molecule has 5 heterocycles. The van der Waals surface area contributed by atoms with Crippen LogP contribution in [0.2, 0.25) is 0 Å². The Kier molecular flexibility index (Phi) is 3.21. The zero-order valence-corrected chi connectivity index (χ0v) is 14.8.